The topological polar surface area (TPSA) is 74.8 Å². The van der Waals surface area contributed by atoms with Gasteiger partial charge in [0.05, 0.1) is 16.4 Å². The summed E-state index contributed by atoms with van der Waals surface area (Å²) in [6.45, 7) is 1.62. The first-order chi connectivity index (χ1) is 12.7. The number of carbonyl (C=O) groups is 2. The van der Waals surface area contributed by atoms with Gasteiger partial charge in [0.15, 0.2) is 9.84 Å². The number of thiocarbonyl (C=S) groups is 1. The molecule has 3 rings (SSSR count). The molecule has 2 aliphatic rings. The molecule has 144 valence electrons. The molecular weight excluding hydrogens is 404 g/mol. The lowest BCUT2D eigenvalue weighted by molar-refractivity contribution is -0.139. The van der Waals surface area contributed by atoms with E-state index in [1.807, 2.05) is 30.3 Å². The zero-order valence-electron chi connectivity index (χ0n) is 15.0. The Kier molecular flexibility index (Phi) is 5.73. The lowest BCUT2D eigenvalue weighted by Crippen LogP contribution is -2.50. The molecule has 2 saturated heterocycles. The Morgan fingerprint density at radius 3 is 2.63 bits per heavy atom. The van der Waals surface area contributed by atoms with Crippen LogP contribution in [0.25, 0.3) is 6.08 Å². The van der Waals surface area contributed by atoms with Crippen molar-refractivity contribution < 1.29 is 18.0 Å². The minimum Gasteiger partial charge on any atom is -0.340 e. The normalized spacial score (nSPS) is 24.4. The van der Waals surface area contributed by atoms with Crippen LogP contribution in [0.1, 0.15) is 18.9 Å². The van der Waals surface area contributed by atoms with Crippen LogP contribution in [0.5, 0.6) is 0 Å². The van der Waals surface area contributed by atoms with E-state index >= 15 is 0 Å². The molecule has 2 fully saturated rings. The van der Waals surface area contributed by atoms with E-state index in [-0.39, 0.29) is 29.4 Å². The highest BCUT2D eigenvalue weighted by Crippen LogP contribution is 2.34. The largest absolute Gasteiger partial charge is 0.340 e. The number of benzene rings is 1. The van der Waals surface area contributed by atoms with Crippen LogP contribution in [-0.4, -0.2) is 65.0 Å². The van der Waals surface area contributed by atoms with E-state index in [1.165, 1.54) is 21.6 Å². The van der Waals surface area contributed by atoms with Crippen molar-refractivity contribution in [2.24, 2.45) is 0 Å². The molecule has 0 N–H and O–H groups in total. The summed E-state index contributed by atoms with van der Waals surface area (Å²) < 4.78 is 23.7. The van der Waals surface area contributed by atoms with Gasteiger partial charge in [0.1, 0.15) is 10.4 Å². The van der Waals surface area contributed by atoms with Crippen molar-refractivity contribution in [3.8, 4) is 0 Å². The molecule has 1 aromatic rings. The average Bonchev–Trinajstić information content (AvgIpc) is 3.13. The molecule has 2 unspecified atom stereocenters. The van der Waals surface area contributed by atoms with Gasteiger partial charge < -0.3 is 4.90 Å². The molecule has 0 aromatic heterocycles. The fourth-order valence-corrected chi connectivity index (χ4v) is 6.37. The molecule has 0 aliphatic carbocycles. The molecule has 0 bridgehead atoms. The highest BCUT2D eigenvalue weighted by molar-refractivity contribution is 8.26. The molecule has 0 spiro atoms. The van der Waals surface area contributed by atoms with Crippen molar-refractivity contribution in [3.63, 3.8) is 0 Å². The Labute approximate surface area is 168 Å². The predicted octanol–water partition coefficient (Wildman–Crippen LogP) is 1.92. The quantitative estimate of drug-likeness (QED) is 0.543. The van der Waals surface area contributed by atoms with Crippen LogP contribution in [-0.2, 0) is 19.4 Å². The number of hydrogen-bond donors (Lipinski definition) is 0. The number of thioether (sulfide) groups is 1. The molecule has 2 amide bonds. The first-order valence-electron chi connectivity index (χ1n) is 8.49. The number of hydrogen-bond acceptors (Lipinski definition) is 6. The van der Waals surface area contributed by atoms with Gasteiger partial charge in [0.2, 0.25) is 5.91 Å². The predicted molar refractivity (Wildman–Crippen MR) is 111 cm³/mol. The highest BCUT2D eigenvalue weighted by atomic mass is 32.2. The van der Waals surface area contributed by atoms with Crippen molar-refractivity contribution in [2.75, 3.05) is 18.6 Å². The van der Waals surface area contributed by atoms with Gasteiger partial charge in [0.25, 0.3) is 5.91 Å². The van der Waals surface area contributed by atoms with E-state index in [1.54, 1.807) is 20.0 Å². The van der Waals surface area contributed by atoms with Crippen LogP contribution in [0.4, 0.5) is 0 Å². The summed E-state index contributed by atoms with van der Waals surface area (Å²) in [5.74, 6) is -0.560. The van der Waals surface area contributed by atoms with Crippen LogP contribution in [0, 0.1) is 0 Å². The third-order valence-electron chi connectivity index (χ3n) is 4.77. The van der Waals surface area contributed by atoms with Gasteiger partial charge in [-0.05, 0) is 25.0 Å². The van der Waals surface area contributed by atoms with Gasteiger partial charge in [-0.1, -0.05) is 54.3 Å². The molecule has 0 saturated carbocycles. The SMILES string of the molecule is CC(C(=O)N(C)C1CCS(=O)(=O)C1)N1C(=O)/C(=C/c2ccccc2)SC1=S. The zero-order valence-corrected chi connectivity index (χ0v) is 17.4. The Bertz CT molecular complexity index is 912. The first kappa shape index (κ1) is 20.0. The zero-order chi connectivity index (χ0) is 19.8. The minimum absolute atomic E-state index is 0.0335. The molecule has 27 heavy (non-hydrogen) atoms. The minimum atomic E-state index is -3.10. The van der Waals surface area contributed by atoms with Gasteiger partial charge in [-0.15, -0.1) is 0 Å². The second kappa shape index (κ2) is 7.73. The van der Waals surface area contributed by atoms with Crippen molar-refractivity contribution >= 4 is 56.0 Å². The molecule has 2 atom stereocenters. The Morgan fingerprint density at radius 1 is 1.37 bits per heavy atom. The van der Waals surface area contributed by atoms with Gasteiger partial charge >= 0.3 is 0 Å². The van der Waals surface area contributed by atoms with E-state index in [2.05, 4.69) is 0 Å². The third kappa shape index (κ3) is 4.25. The lowest BCUT2D eigenvalue weighted by atomic mass is 10.1. The van der Waals surface area contributed by atoms with Crippen molar-refractivity contribution in [1.82, 2.24) is 9.80 Å². The smallest absolute Gasteiger partial charge is 0.266 e. The van der Waals surface area contributed by atoms with E-state index in [0.717, 1.165) is 5.56 Å². The second-order valence-corrected chi connectivity index (χ2v) is 10.5. The molecule has 9 heteroatoms. The van der Waals surface area contributed by atoms with Gasteiger partial charge in [-0.25, -0.2) is 8.42 Å². The molecule has 2 heterocycles. The highest BCUT2D eigenvalue weighted by Gasteiger charge is 2.41. The standard InChI is InChI=1S/C18H20N2O4S3/c1-12(16(21)19(2)14-8-9-27(23,24)11-14)20-17(22)15(26-18(20)25)10-13-6-4-3-5-7-13/h3-7,10,12,14H,8-9,11H2,1-2H3/b15-10-. The lowest BCUT2D eigenvalue weighted by Gasteiger charge is -2.30. The fraction of sp³-hybridized carbons (Fsp3) is 0.389. The maximum Gasteiger partial charge on any atom is 0.266 e. The molecule has 0 radical (unpaired) electrons. The first-order valence-corrected chi connectivity index (χ1v) is 11.5. The summed E-state index contributed by atoms with van der Waals surface area (Å²) in [6.07, 6.45) is 2.17. The van der Waals surface area contributed by atoms with E-state index in [4.69, 9.17) is 12.2 Å². The maximum absolute atomic E-state index is 12.8. The Hall–Kier alpha value is -1.71. The van der Waals surface area contributed by atoms with Gasteiger partial charge in [0, 0.05) is 13.1 Å². The number of likely N-dealkylation sites (N-methyl/N-ethyl adjacent to an activating group) is 1. The summed E-state index contributed by atoms with van der Waals surface area (Å²) in [5.41, 5.74) is 0.880. The van der Waals surface area contributed by atoms with Crippen LogP contribution in [0.3, 0.4) is 0 Å². The summed E-state index contributed by atoms with van der Waals surface area (Å²) in [7, 11) is -1.51. The summed E-state index contributed by atoms with van der Waals surface area (Å²) in [4.78, 5) is 28.9. The number of sulfone groups is 1. The van der Waals surface area contributed by atoms with Crippen LogP contribution >= 0.6 is 24.0 Å². The Morgan fingerprint density at radius 2 is 2.04 bits per heavy atom. The number of nitrogens with zero attached hydrogens (tertiary/aromatic N) is 2. The van der Waals surface area contributed by atoms with E-state index in [9.17, 15) is 18.0 Å². The second-order valence-electron chi connectivity index (χ2n) is 6.64. The molecular formula is C18H20N2O4S3. The number of carbonyl (C=O) groups excluding carboxylic acids is 2. The summed E-state index contributed by atoms with van der Waals surface area (Å²) in [5, 5.41) is 0. The van der Waals surface area contributed by atoms with Crippen LogP contribution < -0.4 is 0 Å². The van der Waals surface area contributed by atoms with Crippen molar-refractivity contribution in [3.05, 3.63) is 40.8 Å². The van der Waals surface area contributed by atoms with E-state index < -0.39 is 15.9 Å². The van der Waals surface area contributed by atoms with Gasteiger partial charge in [-0.3, -0.25) is 14.5 Å². The Balaban J connectivity index is 1.75. The summed E-state index contributed by atoms with van der Waals surface area (Å²) >= 11 is 6.49. The van der Waals surface area contributed by atoms with Crippen molar-refractivity contribution in [2.45, 2.75) is 25.4 Å². The van der Waals surface area contributed by atoms with E-state index in [0.29, 0.717) is 15.6 Å². The van der Waals surface area contributed by atoms with Crippen LogP contribution in [0.2, 0.25) is 0 Å². The third-order valence-corrected chi connectivity index (χ3v) is 7.85. The van der Waals surface area contributed by atoms with Crippen LogP contribution in [0.15, 0.2) is 35.2 Å². The molecule has 2 aliphatic heterocycles. The fourth-order valence-electron chi connectivity index (χ4n) is 3.18. The van der Waals surface area contributed by atoms with Crippen molar-refractivity contribution in [1.29, 1.82) is 0 Å². The summed E-state index contributed by atoms with van der Waals surface area (Å²) in [6, 6.07) is 8.27. The molecule has 6 nitrogen and oxygen atoms in total. The average molecular weight is 425 g/mol. The maximum atomic E-state index is 12.8. The monoisotopic (exact) mass is 424 g/mol. The number of rotatable bonds is 4. The van der Waals surface area contributed by atoms with Gasteiger partial charge in [-0.2, -0.15) is 0 Å². The number of amides is 2. The molecule has 1 aromatic carbocycles.